The van der Waals surface area contributed by atoms with Crippen LogP contribution in [-0.2, 0) is 4.79 Å². The van der Waals surface area contributed by atoms with Gasteiger partial charge in [0.05, 0.1) is 11.0 Å². The Morgan fingerprint density at radius 3 is 2.47 bits per heavy atom. The topological polar surface area (TPSA) is 57.8 Å². The maximum absolute atomic E-state index is 10.8. The van der Waals surface area contributed by atoms with E-state index in [-0.39, 0.29) is 5.91 Å². The molecule has 1 heterocycles. The molecule has 0 spiro atoms. The molecular weight excluding hydrogens is 238 g/mol. The van der Waals surface area contributed by atoms with Crippen molar-refractivity contribution in [1.82, 2.24) is 9.97 Å². The number of aromatic amines is 1. The maximum Gasteiger partial charge on any atom is 0.223 e. The monoisotopic (exact) mass is 259 g/mol. The van der Waals surface area contributed by atoms with Gasteiger partial charge in [-0.2, -0.15) is 0 Å². The van der Waals surface area contributed by atoms with Crippen molar-refractivity contribution in [3.8, 4) is 12.8 Å². The Balaban J connectivity index is 0.000000573. The van der Waals surface area contributed by atoms with E-state index in [2.05, 4.69) is 42.0 Å². The Morgan fingerprint density at radius 1 is 1.37 bits per heavy atom. The third-order valence-corrected chi connectivity index (χ3v) is 1.93. The molecule has 0 fully saturated rings. The second kappa shape index (κ2) is 8.76. The summed E-state index contributed by atoms with van der Waals surface area (Å²) in [4.78, 5) is 18.0. The lowest BCUT2D eigenvalue weighted by molar-refractivity contribution is -0.114. The van der Waals surface area contributed by atoms with Crippen molar-refractivity contribution in [3.63, 3.8) is 0 Å². The minimum atomic E-state index is -0.124. The second-order valence-corrected chi connectivity index (χ2v) is 3.99. The number of hydrogen-bond acceptors (Lipinski definition) is 2. The molecule has 102 valence electrons. The molecule has 0 unspecified atom stereocenters. The lowest BCUT2D eigenvalue weighted by Gasteiger charge is -1.92. The Bertz CT molecular complexity index is 541. The lowest BCUT2D eigenvalue weighted by atomic mass is 10.2. The molecule has 0 atom stereocenters. The van der Waals surface area contributed by atoms with Crippen molar-refractivity contribution >= 4 is 22.9 Å². The third-order valence-electron chi connectivity index (χ3n) is 1.93. The van der Waals surface area contributed by atoms with Crippen LogP contribution in [0.1, 0.15) is 32.8 Å². The van der Waals surface area contributed by atoms with Crippen LogP contribution >= 0.6 is 0 Å². The minimum absolute atomic E-state index is 0.124. The van der Waals surface area contributed by atoms with E-state index in [1.165, 1.54) is 13.3 Å². The number of hydrogen-bond donors (Lipinski definition) is 2. The molecule has 2 rings (SSSR count). The highest BCUT2D eigenvalue weighted by molar-refractivity contribution is 5.89. The predicted octanol–water partition coefficient (Wildman–Crippen LogP) is 3.50. The number of terminal acetylenes is 1. The largest absolute Gasteiger partial charge is 0.324 e. The first-order chi connectivity index (χ1) is 9.06. The fraction of sp³-hybridized carbons (Fsp3) is 0.333. The van der Waals surface area contributed by atoms with Gasteiger partial charge in [0.2, 0.25) is 11.9 Å². The molecule has 1 aromatic carbocycles. The van der Waals surface area contributed by atoms with Gasteiger partial charge in [-0.25, -0.2) is 4.98 Å². The Morgan fingerprint density at radius 2 is 1.95 bits per heavy atom. The van der Waals surface area contributed by atoms with E-state index in [0.717, 1.165) is 16.6 Å². The summed E-state index contributed by atoms with van der Waals surface area (Å²) in [7, 11) is 0. The fourth-order valence-corrected chi connectivity index (χ4v) is 1.35. The van der Waals surface area contributed by atoms with Gasteiger partial charge in [-0.1, -0.05) is 26.3 Å². The van der Waals surface area contributed by atoms with Crippen LogP contribution in [0, 0.1) is 19.8 Å². The number of carbonyl (C=O) groups is 1. The van der Waals surface area contributed by atoms with Crippen molar-refractivity contribution in [3.05, 3.63) is 23.8 Å². The number of H-pyrrole nitrogens is 1. The van der Waals surface area contributed by atoms with E-state index in [9.17, 15) is 4.79 Å². The molecule has 0 aliphatic heterocycles. The maximum atomic E-state index is 10.8. The summed E-state index contributed by atoms with van der Waals surface area (Å²) in [6, 6.07) is 5.90. The summed E-state index contributed by atoms with van der Waals surface area (Å²) in [5.41, 5.74) is 2.96. The van der Waals surface area contributed by atoms with Gasteiger partial charge in [-0.05, 0) is 24.6 Å². The summed E-state index contributed by atoms with van der Waals surface area (Å²) >= 11 is 0. The van der Waals surface area contributed by atoms with Gasteiger partial charge in [0, 0.05) is 6.92 Å². The van der Waals surface area contributed by atoms with E-state index in [4.69, 9.17) is 0 Å². The van der Waals surface area contributed by atoms with Gasteiger partial charge < -0.3 is 4.98 Å². The Labute approximate surface area is 114 Å². The number of fused-ring (bicyclic) bond motifs is 1. The van der Waals surface area contributed by atoms with Gasteiger partial charge in [-0.3, -0.25) is 10.1 Å². The number of carbonyl (C=O) groups excluding carboxylic acids is 1. The molecule has 4 nitrogen and oxygen atoms in total. The molecule has 0 saturated carbocycles. The minimum Gasteiger partial charge on any atom is -0.324 e. The zero-order valence-corrected chi connectivity index (χ0v) is 11.9. The summed E-state index contributed by atoms with van der Waals surface area (Å²) in [6.07, 6.45) is 9.25. The number of nitrogens with zero attached hydrogens (tertiary/aromatic N) is 1. The van der Waals surface area contributed by atoms with Crippen molar-refractivity contribution in [2.24, 2.45) is 0 Å². The van der Waals surface area contributed by atoms with Gasteiger partial charge in [0.25, 0.3) is 0 Å². The van der Waals surface area contributed by atoms with Crippen LogP contribution in [0.2, 0.25) is 0 Å². The first-order valence-electron chi connectivity index (χ1n) is 6.14. The zero-order chi connectivity index (χ0) is 14.8. The van der Waals surface area contributed by atoms with Crippen LogP contribution in [0.3, 0.4) is 0 Å². The molecular formula is C15H21N3O. The summed E-state index contributed by atoms with van der Waals surface area (Å²) in [5.74, 6) is 0.374. The van der Waals surface area contributed by atoms with Gasteiger partial charge in [0.1, 0.15) is 0 Å². The number of anilines is 1. The molecule has 2 N–H and O–H groups in total. The first kappa shape index (κ1) is 16.7. The highest BCUT2D eigenvalue weighted by atomic mass is 16.1. The van der Waals surface area contributed by atoms with E-state index >= 15 is 0 Å². The molecule has 4 heteroatoms. The number of aromatic nitrogens is 2. The Kier molecular flexibility index (Phi) is 7.71. The van der Waals surface area contributed by atoms with E-state index in [1.807, 2.05) is 25.1 Å². The molecule has 0 radical (unpaired) electrons. The molecule has 2 aromatic rings. The molecule has 0 aliphatic carbocycles. The highest BCUT2D eigenvalue weighted by Crippen LogP contribution is 2.15. The summed E-state index contributed by atoms with van der Waals surface area (Å²) in [6.45, 7) is 7.72. The SMILES string of the molecule is C#C.CC(=O)Nc1nc2ccc(C)cc2[nH]1.CCC. The van der Waals surface area contributed by atoms with Crippen LogP contribution < -0.4 is 5.32 Å². The second-order valence-electron chi connectivity index (χ2n) is 3.99. The third kappa shape index (κ3) is 5.73. The summed E-state index contributed by atoms with van der Waals surface area (Å²) < 4.78 is 0. The van der Waals surface area contributed by atoms with Gasteiger partial charge in [-0.15, -0.1) is 12.8 Å². The standard InChI is InChI=1S/C10H11N3O.C3H8.C2H2/c1-6-3-4-8-9(5-6)13-10(12-8)11-7(2)14;1-3-2;1-2/h3-5H,1-2H3,(H2,11,12,13,14);3H2,1-2H3;1-2H. The number of amides is 1. The quantitative estimate of drug-likeness (QED) is 0.770. The zero-order valence-electron chi connectivity index (χ0n) is 11.9. The summed E-state index contributed by atoms with van der Waals surface area (Å²) in [5, 5.41) is 2.61. The lowest BCUT2D eigenvalue weighted by Crippen LogP contribution is -2.06. The molecule has 0 saturated heterocycles. The number of benzene rings is 1. The number of aryl methyl sites for hydroxylation is 1. The fourth-order valence-electron chi connectivity index (χ4n) is 1.35. The smallest absolute Gasteiger partial charge is 0.223 e. The van der Waals surface area contributed by atoms with Crippen LogP contribution in [-0.4, -0.2) is 15.9 Å². The van der Waals surface area contributed by atoms with Crippen LogP contribution in [0.15, 0.2) is 18.2 Å². The average Bonchev–Trinajstić information content (AvgIpc) is 2.73. The Hall–Kier alpha value is -2.28. The van der Waals surface area contributed by atoms with Crippen molar-refractivity contribution in [2.45, 2.75) is 34.1 Å². The molecule has 1 aromatic heterocycles. The molecule has 0 bridgehead atoms. The van der Waals surface area contributed by atoms with E-state index in [0.29, 0.717) is 5.95 Å². The van der Waals surface area contributed by atoms with Crippen LogP contribution in [0.5, 0.6) is 0 Å². The number of imidazole rings is 1. The normalized spacial score (nSPS) is 8.74. The number of nitrogens with one attached hydrogen (secondary N) is 2. The van der Waals surface area contributed by atoms with E-state index in [1.54, 1.807) is 0 Å². The molecule has 1 amide bonds. The van der Waals surface area contributed by atoms with Gasteiger partial charge >= 0.3 is 0 Å². The van der Waals surface area contributed by atoms with Gasteiger partial charge in [0.15, 0.2) is 0 Å². The highest BCUT2D eigenvalue weighted by Gasteiger charge is 2.02. The average molecular weight is 259 g/mol. The van der Waals surface area contributed by atoms with Crippen LogP contribution in [0.25, 0.3) is 11.0 Å². The van der Waals surface area contributed by atoms with Crippen molar-refractivity contribution in [2.75, 3.05) is 5.32 Å². The predicted molar refractivity (Wildman–Crippen MR) is 81.0 cm³/mol. The molecule has 0 aliphatic rings. The first-order valence-corrected chi connectivity index (χ1v) is 6.14. The van der Waals surface area contributed by atoms with E-state index < -0.39 is 0 Å². The number of rotatable bonds is 1. The van der Waals surface area contributed by atoms with Crippen molar-refractivity contribution in [1.29, 1.82) is 0 Å². The molecule has 19 heavy (non-hydrogen) atoms. The van der Waals surface area contributed by atoms with Crippen LogP contribution in [0.4, 0.5) is 5.95 Å². The van der Waals surface area contributed by atoms with Crippen molar-refractivity contribution < 1.29 is 4.79 Å².